The first-order valence-electron chi connectivity index (χ1n) is 19.2. The van der Waals surface area contributed by atoms with Crippen molar-refractivity contribution >= 4 is 74.4 Å². The number of phosphoric ester groups is 3. The zero-order valence-corrected chi connectivity index (χ0v) is 36.2. The highest BCUT2D eigenvalue weighted by Gasteiger charge is 2.53. The largest absolute Gasteiger partial charge is 0.472 e. The molecule has 0 saturated carbocycles. The van der Waals surface area contributed by atoms with Crippen LogP contribution >= 0.6 is 23.5 Å². The van der Waals surface area contributed by atoms with Gasteiger partial charge in [-0.25, -0.2) is 58.6 Å². The number of phosphoric acid groups is 3. The Morgan fingerprint density at radius 2 is 0.836 bits per heavy atom. The second-order valence-corrected chi connectivity index (χ2v) is 18.9. The molecule has 0 aromatic carbocycles. The van der Waals surface area contributed by atoms with Crippen LogP contribution in [0.4, 0.5) is 17.5 Å². The summed E-state index contributed by atoms with van der Waals surface area (Å²) in [7, 11) is -16.1. The third kappa shape index (κ3) is 9.22. The molecule has 3 aliphatic heterocycles. The number of hydrogen-bond acceptors (Lipinski definition) is 27. The molecule has 362 valence electrons. The lowest BCUT2D eigenvalue weighted by molar-refractivity contribution is -0.0616. The minimum absolute atomic E-state index is 0.00456. The third-order valence-corrected chi connectivity index (χ3v) is 13.1. The van der Waals surface area contributed by atoms with Crippen molar-refractivity contribution in [3.8, 4) is 0 Å². The lowest BCUT2D eigenvalue weighted by Gasteiger charge is -2.26. The number of aliphatic hydroxyl groups is 4. The summed E-state index contributed by atoms with van der Waals surface area (Å²) in [5.74, 6) is -0.102. The Bertz CT molecular complexity index is 2940. The van der Waals surface area contributed by atoms with Gasteiger partial charge in [0.05, 0.1) is 38.8 Å². The van der Waals surface area contributed by atoms with Crippen LogP contribution < -0.4 is 17.2 Å². The number of rotatable bonds is 16. The van der Waals surface area contributed by atoms with Gasteiger partial charge in [0, 0.05) is 0 Å². The van der Waals surface area contributed by atoms with Gasteiger partial charge in [0.1, 0.15) is 90.5 Å². The molecule has 2 unspecified atom stereocenters. The van der Waals surface area contributed by atoms with Crippen LogP contribution in [0.5, 0.6) is 0 Å². The van der Waals surface area contributed by atoms with Gasteiger partial charge in [-0.1, -0.05) is 0 Å². The van der Waals surface area contributed by atoms with Crippen molar-refractivity contribution in [3.63, 3.8) is 0 Å². The molecule has 0 bridgehead atoms. The molecular formula is C30H38N15O19P3. The van der Waals surface area contributed by atoms with E-state index in [1.54, 1.807) is 0 Å². The topological polar surface area (TPSA) is 496 Å². The van der Waals surface area contributed by atoms with Crippen molar-refractivity contribution in [1.29, 1.82) is 0 Å². The van der Waals surface area contributed by atoms with Crippen molar-refractivity contribution in [2.45, 2.75) is 73.6 Å². The van der Waals surface area contributed by atoms with Crippen LogP contribution in [0.25, 0.3) is 33.5 Å². The summed E-state index contributed by atoms with van der Waals surface area (Å²) >= 11 is 0. The zero-order chi connectivity index (χ0) is 47.7. The Kier molecular flexibility index (Phi) is 12.6. The standard InChI is InChI=1S/C30H38N15O19P3/c31-22-13-25(37-4-34-22)43(7-40-13)28-17(47)16(46)10(60-28)1-58-66(53,54)64-21-12(62-30(19(21)49)45-9-42-15-24(33)36-6-39-27(15)45)3-59-67(55,56)63-20-11(2-57-65(50,51)52)61-29(18(20)48)44-8-41-14-23(32)35-5-38-26(14)44/h4-12,16-21,28-30,46-49H,1-3H2,(H,53,54)(H,55,56)(H2,31,34,37)(H2,32,35,38)(H2,33,36,39)(H2,50,51,52)/t10-,11-,12-,16-,17-,18-,19-,20-,21-,28-,29-,30-/m0/s1. The predicted octanol–water partition coefficient (Wildman–Crippen LogP) is -3.50. The lowest BCUT2D eigenvalue weighted by Crippen LogP contribution is -2.38. The van der Waals surface area contributed by atoms with E-state index in [1.165, 1.54) is 10.9 Å². The first kappa shape index (κ1) is 47.2. The quantitative estimate of drug-likeness (QED) is 0.0419. The van der Waals surface area contributed by atoms with Gasteiger partial charge in [-0.15, -0.1) is 0 Å². The van der Waals surface area contributed by atoms with E-state index in [0.717, 1.165) is 40.8 Å². The highest BCUT2D eigenvalue weighted by Crippen LogP contribution is 2.53. The Morgan fingerprint density at radius 1 is 0.493 bits per heavy atom. The van der Waals surface area contributed by atoms with Crippen molar-refractivity contribution in [3.05, 3.63) is 38.0 Å². The van der Waals surface area contributed by atoms with Gasteiger partial charge in [-0.2, -0.15) is 0 Å². The average molecular weight is 1010 g/mol. The van der Waals surface area contributed by atoms with Gasteiger partial charge < -0.3 is 71.4 Å². The van der Waals surface area contributed by atoms with Gasteiger partial charge in [-0.3, -0.25) is 36.3 Å². The van der Waals surface area contributed by atoms with Gasteiger partial charge in [-0.05, 0) is 0 Å². The Balaban J connectivity index is 0.925. The summed E-state index contributed by atoms with van der Waals surface area (Å²) in [5.41, 5.74) is 18.1. The summed E-state index contributed by atoms with van der Waals surface area (Å²) in [6.45, 7) is -3.01. The van der Waals surface area contributed by atoms with E-state index in [2.05, 4.69) is 49.4 Å². The van der Waals surface area contributed by atoms with Gasteiger partial charge in [0.2, 0.25) is 0 Å². The second kappa shape index (κ2) is 17.9. The van der Waals surface area contributed by atoms with E-state index in [9.17, 15) is 53.7 Å². The summed E-state index contributed by atoms with van der Waals surface area (Å²) < 4.78 is 85.5. The molecule has 14 atom stereocenters. The van der Waals surface area contributed by atoms with Gasteiger partial charge in [0.15, 0.2) is 53.1 Å². The van der Waals surface area contributed by atoms with Crippen LogP contribution in [-0.4, -0.2) is 173 Å². The maximum atomic E-state index is 13.7. The van der Waals surface area contributed by atoms with Crippen molar-refractivity contribution < 1.29 is 90.5 Å². The fraction of sp³-hybridized carbons (Fsp3) is 0.500. The molecule has 14 N–H and O–H groups in total. The van der Waals surface area contributed by atoms with Crippen LogP contribution in [0, 0.1) is 0 Å². The predicted molar refractivity (Wildman–Crippen MR) is 214 cm³/mol. The first-order valence-corrected chi connectivity index (χ1v) is 23.7. The van der Waals surface area contributed by atoms with Crippen LogP contribution in [0.15, 0.2) is 38.0 Å². The van der Waals surface area contributed by atoms with E-state index in [0.29, 0.717) is 0 Å². The molecule has 6 aromatic rings. The Hall–Kier alpha value is -4.90. The molecule has 0 amide bonds. The third-order valence-electron chi connectivity index (χ3n) is 10.7. The maximum Gasteiger partial charge on any atom is 0.472 e. The second-order valence-electron chi connectivity index (χ2n) is 14.9. The minimum Gasteiger partial charge on any atom is -0.387 e. The highest BCUT2D eigenvalue weighted by molar-refractivity contribution is 7.47. The monoisotopic (exact) mass is 1010 g/mol. The van der Waals surface area contributed by atoms with E-state index < -0.39 is 117 Å². The number of ether oxygens (including phenoxy) is 3. The molecular weight excluding hydrogens is 967 g/mol. The van der Waals surface area contributed by atoms with Crippen molar-refractivity contribution in [1.82, 2.24) is 58.6 Å². The molecule has 67 heavy (non-hydrogen) atoms. The fourth-order valence-corrected chi connectivity index (χ4v) is 9.84. The SMILES string of the molecule is Nc1ncnc2c1ncn2[C@H]1O[C@@H](COP(=O)(O)O[C@@H]2[C@H](O)[C@@H](n3cnc4c(N)ncnc43)O[C@H]2COP(=O)(O)O[C@@H]2[C@H](O)[C@@H](n3cnc4c(N)ncnc43)O[C@H]2COP(=O)(O)O)[C@H](O)[C@@H]1O. The molecule has 37 heteroatoms. The maximum absolute atomic E-state index is 13.7. The van der Waals surface area contributed by atoms with Gasteiger partial charge in [0.25, 0.3) is 0 Å². The molecule has 3 fully saturated rings. The van der Waals surface area contributed by atoms with Crippen LogP contribution in [0.1, 0.15) is 18.7 Å². The molecule has 9 rings (SSSR count). The van der Waals surface area contributed by atoms with Crippen LogP contribution in [-0.2, 0) is 50.5 Å². The number of aromatic nitrogens is 12. The van der Waals surface area contributed by atoms with Crippen LogP contribution in [0.3, 0.4) is 0 Å². The number of anilines is 3. The number of nitrogen functional groups attached to an aromatic ring is 3. The van der Waals surface area contributed by atoms with E-state index in [-0.39, 0.29) is 50.9 Å². The van der Waals surface area contributed by atoms with Gasteiger partial charge >= 0.3 is 23.5 Å². The molecule has 0 radical (unpaired) electrons. The molecule has 34 nitrogen and oxygen atoms in total. The number of hydrogen-bond donors (Lipinski definition) is 11. The Morgan fingerprint density at radius 3 is 1.22 bits per heavy atom. The molecule has 0 aliphatic carbocycles. The van der Waals surface area contributed by atoms with E-state index in [1.807, 2.05) is 0 Å². The molecule has 3 saturated heterocycles. The number of nitrogens with zero attached hydrogens (tertiary/aromatic N) is 12. The average Bonchev–Trinajstić information content (AvgIpc) is 4.13. The minimum atomic E-state index is -5.49. The molecule has 3 aliphatic rings. The highest BCUT2D eigenvalue weighted by atomic mass is 31.2. The number of nitrogens with two attached hydrogens (primary N) is 3. The summed E-state index contributed by atoms with van der Waals surface area (Å²) in [6, 6.07) is 0. The summed E-state index contributed by atoms with van der Waals surface area (Å²) in [4.78, 5) is 76.8. The summed E-state index contributed by atoms with van der Waals surface area (Å²) in [6.07, 6.45) is -13.9. The lowest BCUT2D eigenvalue weighted by atomic mass is 10.1. The van der Waals surface area contributed by atoms with Crippen molar-refractivity contribution in [2.75, 3.05) is 37.0 Å². The summed E-state index contributed by atoms with van der Waals surface area (Å²) in [5, 5.41) is 44.6. The zero-order valence-electron chi connectivity index (χ0n) is 33.5. The normalized spacial score (nSPS) is 31.0. The smallest absolute Gasteiger partial charge is 0.387 e. The molecule has 6 aromatic heterocycles. The van der Waals surface area contributed by atoms with Crippen LogP contribution in [0.2, 0.25) is 0 Å². The van der Waals surface area contributed by atoms with E-state index >= 15 is 0 Å². The Labute approximate surface area is 371 Å². The first-order chi connectivity index (χ1) is 31.7. The number of fused-ring (bicyclic) bond motifs is 3. The molecule has 0 spiro atoms. The molecule has 9 heterocycles. The number of imidazole rings is 3. The van der Waals surface area contributed by atoms with E-state index in [4.69, 9.17) is 49.5 Å². The number of aliphatic hydroxyl groups excluding tert-OH is 4. The van der Waals surface area contributed by atoms with Crippen molar-refractivity contribution in [2.24, 2.45) is 0 Å². The fourth-order valence-electron chi connectivity index (χ4n) is 7.57.